The maximum atomic E-state index is 12.4. The van der Waals surface area contributed by atoms with Crippen LogP contribution < -0.4 is 11.2 Å². The summed E-state index contributed by atoms with van der Waals surface area (Å²) in [5.41, 5.74) is -0.346. The molecule has 2 aromatic rings. The molecule has 0 unspecified atom stereocenters. The normalized spacial score (nSPS) is 11.5. The van der Waals surface area contributed by atoms with Gasteiger partial charge < -0.3 is 9.67 Å². The van der Waals surface area contributed by atoms with E-state index in [0.29, 0.717) is 13.1 Å². The second-order valence-electron chi connectivity index (χ2n) is 5.67. The highest BCUT2D eigenvalue weighted by Crippen LogP contribution is 2.13. The zero-order valence-electron chi connectivity index (χ0n) is 13.2. The first kappa shape index (κ1) is 16.0. The molecule has 120 valence electrons. The molecule has 8 heteroatoms. The van der Waals surface area contributed by atoms with Crippen molar-refractivity contribution in [3.63, 3.8) is 0 Å². The molecule has 0 fully saturated rings. The van der Waals surface area contributed by atoms with Gasteiger partial charge in [0.25, 0.3) is 5.56 Å². The zero-order valence-corrected chi connectivity index (χ0v) is 13.2. The Bertz CT molecular complexity index is 841. The molecule has 0 spiro atoms. The van der Waals surface area contributed by atoms with Gasteiger partial charge in [0.2, 0.25) is 0 Å². The molecular formula is C14H20N4O4. The number of carboxylic acid groups (broad SMARTS) is 1. The number of imidazole rings is 1. The van der Waals surface area contributed by atoms with E-state index in [4.69, 9.17) is 5.11 Å². The van der Waals surface area contributed by atoms with Crippen LogP contribution >= 0.6 is 0 Å². The Balaban J connectivity index is 2.91. The van der Waals surface area contributed by atoms with E-state index in [0.717, 1.165) is 4.57 Å². The molecule has 0 aliphatic carbocycles. The fourth-order valence-electron chi connectivity index (χ4n) is 2.54. The Morgan fingerprint density at radius 1 is 1.27 bits per heavy atom. The van der Waals surface area contributed by atoms with Gasteiger partial charge in [-0.05, 0) is 12.8 Å². The summed E-state index contributed by atoms with van der Waals surface area (Å²) in [6.45, 7) is 6.55. The van der Waals surface area contributed by atoms with Gasteiger partial charge in [0.05, 0.1) is 0 Å². The quantitative estimate of drug-likeness (QED) is 0.850. The monoisotopic (exact) mass is 308 g/mol. The number of aromatic nitrogens is 4. The lowest BCUT2D eigenvalue weighted by molar-refractivity contribution is -0.136. The molecule has 0 saturated heterocycles. The van der Waals surface area contributed by atoms with Gasteiger partial charge in [-0.1, -0.05) is 13.8 Å². The SMILES string of the molecule is CCn1c(CC(=O)O)nc2c1c(=O)n(C)c(=O)n2CC(C)C. The Labute approximate surface area is 126 Å². The van der Waals surface area contributed by atoms with Crippen LogP contribution in [0.1, 0.15) is 26.6 Å². The molecule has 0 atom stereocenters. The van der Waals surface area contributed by atoms with Crippen molar-refractivity contribution in [2.45, 2.75) is 40.3 Å². The summed E-state index contributed by atoms with van der Waals surface area (Å²) in [5, 5.41) is 9.00. The van der Waals surface area contributed by atoms with Crippen molar-refractivity contribution >= 4 is 17.1 Å². The number of nitrogens with zero attached hydrogens (tertiary/aromatic N) is 4. The van der Waals surface area contributed by atoms with Crippen LogP contribution in [-0.2, 0) is 31.4 Å². The van der Waals surface area contributed by atoms with Gasteiger partial charge in [-0.25, -0.2) is 9.78 Å². The highest BCUT2D eigenvalue weighted by atomic mass is 16.4. The van der Waals surface area contributed by atoms with Gasteiger partial charge in [0, 0.05) is 20.1 Å². The second-order valence-corrected chi connectivity index (χ2v) is 5.67. The maximum absolute atomic E-state index is 12.4. The number of rotatable bonds is 5. The first-order chi connectivity index (χ1) is 10.3. The summed E-state index contributed by atoms with van der Waals surface area (Å²) < 4.78 is 4.06. The van der Waals surface area contributed by atoms with Crippen LogP contribution in [0, 0.1) is 5.92 Å². The molecule has 0 aromatic carbocycles. The molecular weight excluding hydrogens is 288 g/mol. The minimum atomic E-state index is -1.03. The third kappa shape index (κ3) is 2.56. The Kier molecular flexibility index (Phi) is 4.20. The lowest BCUT2D eigenvalue weighted by atomic mass is 10.2. The van der Waals surface area contributed by atoms with Crippen LogP contribution in [0.4, 0.5) is 0 Å². The van der Waals surface area contributed by atoms with E-state index in [-0.39, 0.29) is 29.3 Å². The number of aryl methyl sites for hydroxylation is 1. The van der Waals surface area contributed by atoms with E-state index in [1.54, 1.807) is 4.57 Å². The molecule has 2 heterocycles. The fraction of sp³-hybridized carbons (Fsp3) is 0.571. The van der Waals surface area contributed by atoms with Gasteiger partial charge in [0.15, 0.2) is 11.2 Å². The Morgan fingerprint density at radius 2 is 1.91 bits per heavy atom. The van der Waals surface area contributed by atoms with Gasteiger partial charge in [0.1, 0.15) is 12.2 Å². The minimum Gasteiger partial charge on any atom is -0.481 e. The van der Waals surface area contributed by atoms with Gasteiger partial charge in [-0.2, -0.15) is 0 Å². The topological polar surface area (TPSA) is 99.1 Å². The van der Waals surface area contributed by atoms with E-state index in [1.807, 2.05) is 20.8 Å². The van der Waals surface area contributed by atoms with Crippen molar-refractivity contribution in [1.82, 2.24) is 18.7 Å². The predicted molar refractivity (Wildman–Crippen MR) is 81.1 cm³/mol. The van der Waals surface area contributed by atoms with Crippen molar-refractivity contribution < 1.29 is 9.90 Å². The summed E-state index contributed by atoms with van der Waals surface area (Å²) in [6, 6.07) is 0. The molecule has 2 aromatic heterocycles. The lowest BCUT2D eigenvalue weighted by Crippen LogP contribution is -2.39. The van der Waals surface area contributed by atoms with Crippen LogP contribution in [0.2, 0.25) is 0 Å². The van der Waals surface area contributed by atoms with Crippen LogP contribution in [-0.4, -0.2) is 29.8 Å². The van der Waals surface area contributed by atoms with E-state index >= 15 is 0 Å². The summed E-state index contributed by atoms with van der Waals surface area (Å²) >= 11 is 0. The van der Waals surface area contributed by atoms with E-state index < -0.39 is 17.2 Å². The van der Waals surface area contributed by atoms with Crippen LogP contribution in [0.25, 0.3) is 11.2 Å². The van der Waals surface area contributed by atoms with Crippen molar-refractivity contribution in [2.24, 2.45) is 13.0 Å². The van der Waals surface area contributed by atoms with Crippen molar-refractivity contribution in [2.75, 3.05) is 0 Å². The zero-order chi connectivity index (χ0) is 16.6. The second kappa shape index (κ2) is 5.78. The summed E-state index contributed by atoms with van der Waals surface area (Å²) in [5.74, 6) is -0.558. The number of hydrogen-bond donors (Lipinski definition) is 1. The first-order valence-corrected chi connectivity index (χ1v) is 7.18. The number of carbonyl (C=O) groups is 1. The summed E-state index contributed by atoms with van der Waals surface area (Å²) in [6.07, 6.45) is -0.290. The molecule has 22 heavy (non-hydrogen) atoms. The van der Waals surface area contributed by atoms with Crippen molar-refractivity contribution in [3.8, 4) is 0 Å². The fourth-order valence-corrected chi connectivity index (χ4v) is 2.54. The molecule has 0 aliphatic heterocycles. The number of fused-ring (bicyclic) bond motifs is 1. The first-order valence-electron chi connectivity index (χ1n) is 7.18. The summed E-state index contributed by atoms with van der Waals surface area (Å²) in [7, 11) is 1.42. The average Bonchev–Trinajstić information content (AvgIpc) is 2.78. The molecule has 1 N–H and O–H groups in total. The maximum Gasteiger partial charge on any atom is 0.332 e. The Hall–Kier alpha value is -2.38. The van der Waals surface area contributed by atoms with Crippen molar-refractivity contribution in [1.29, 1.82) is 0 Å². The highest BCUT2D eigenvalue weighted by molar-refractivity contribution is 5.74. The summed E-state index contributed by atoms with van der Waals surface area (Å²) in [4.78, 5) is 40.0. The molecule has 2 rings (SSSR count). The molecule has 0 aliphatic rings. The largest absolute Gasteiger partial charge is 0.481 e. The standard InChI is InChI=1S/C14H20N4O4/c1-5-17-9(6-10(19)20)15-12-11(17)13(21)16(4)14(22)18(12)7-8(2)3/h8H,5-7H2,1-4H3,(H,19,20). The minimum absolute atomic E-state index is 0.188. The van der Waals surface area contributed by atoms with Crippen molar-refractivity contribution in [3.05, 3.63) is 26.7 Å². The molecule has 0 amide bonds. The van der Waals surface area contributed by atoms with Gasteiger partial charge in [-0.15, -0.1) is 0 Å². The Morgan fingerprint density at radius 3 is 2.41 bits per heavy atom. The van der Waals surface area contributed by atoms with Gasteiger partial charge >= 0.3 is 11.7 Å². The molecule has 0 bridgehead atoms. The van der Waals surface area contributed by atoms with E-state index in [1.165, 1.54) is 11.6 Å². The molecule has 0 radical (unpaired) electrons. The van der Waals surface area contributed by atoms with Crippen LogP contribution in [0.15, 0.2) is 9.59 Å². The predicted octanol–water partition coefficient (Wildman–Crippen LogP) is 0.200. The average molecular weight is 308 g/mol. The lowest BCUT2D eigenvalue weighted by Gasteiger charge is -2.11. The third-order valence-corrected chi connectivity index (χ3v) is 3.48. The smallest absolute Gasteiger partial charge is 0.332 e. The third-order valence-electron chi connectivity index (χ3n) is 3.48. The van der Waals surface area contributed by atoms with Crippen LogP contribution in [0.5, 0.6) is 0 Å². The number of hydrogen-bond acceptors (Lipinski definition) is 4. The molecule has 8 nitrogen and oxygen atoms in total. The van der Waals surface area contributed by atoms with E-state index in [9.17, 15) is 14.4 Å². The molecule has 0 saturated carbocycles. The van der Waals surface area contributed by atoms with Crippen LogP contribution in [0.3, 0.4) is 0 Å². The van der Waals surface area contributed by atoms with E-state index in [2.05, 4.69) is 4.98 Å². The van der Waals surface area contributed by atoms with Gasteiger partial charge in [-0.3, -0.25) is 18.7 Å². The number of carboxylic acids is 1. The highest BCUT2D eigenvalue weighted by Gasteiger charge is 2.21. The number of aliphatic carboxylic acids is 1.